The summed E-state index contributed by atoms with van der Waals surface area (Å²) in [5.74, 6) is 0.142. The lowest BCUT2D eigenvalue weighted by atomic mass is 10.0. The third-order valence-electron chi connectivity index (χ3n) is 2.95. The van der Waals surface area contributed by atoms with Crippen LogP contribution < -0.4 is 10.6 Å². The fourth-order valence-electron chi connectivity index (χ4n) is 2.12. The van der Waals surface area contributed by atoms with Gasteiger partial charge in [-0.3, -0.25) is 4.79 Å². The molecular weight excluding hydrogens is 224 g/mol. The van der Waals surface area contributed by atoms with Gasteiger partial charge in [0.1, 0.15) is 0 Å². The molecule has 3 nitrogen and oxygen atoms in total. The van der Waals surface area contributed by atoms with Crippen LogP contribution in [0.2, 0.25) is 0 Å². The highest BCUT2D eigenvalue weighted by Gasteiger charge is 2.10. The monoisotopic (exact) mass is 248 g/mol. The molecule has 1 rings (SSSR count). The molecule has 0 aliphatic carbocycles. The number of rotatable bonds is 6. The molecule has 0 heterocycles. The first-order chi connectivity index (χ1) is 8.52. The van der Waals surface area contributed by atoms with E-state index in [1.807, 2.05) is 14.0 Å². The number of aryl methyl sites for hydroxylation is 2. The predicted molar refractivity (Wildman–Crippen MR) is 75.7 cm³/mol. The molecule has 0 fully saturated rings. The van der Waals surface area contributed by atoms with Crippen LogP contribution in [0.4, 0.5) is 0 Å². The molecule has 1 aromatic carbocycles. The van der Waals surface area contributed by atoms with E-state index < -0.39 is 0 Å². The van der Waals surface area contributed by atoms with Crippen molar-refractivity contribution in [2.24, 2.45) is 5.92 Å². The Labute approximate surface area is 110 Å². The largest absolute Gasteiger partial charge is 0.355 e. The summed E-state index contributed by atoms with van der Waals surface area (Å²) in [5.41, 5.74) is 3.84. The Hall–Kier alpha value is -1.35. The van der Waals surface area contributed by atoms with Gasteiger partial charge in [-0.2, -0.15) is 0 Å². The van der Waals surface area contributed by atoms with Crippen molar-refractivity contribution in [1.82, 2.24) is 10.6 Å². The van der Waals surface area contributed by atoms with Gasteiger partial charge in [-0.25, -0.2) is 0 Å². The highest BCUT2D eigenvalue weighted by Crippen LogP contribution is 2.09. The second-order valence-electron chi connectivity index (χ2n) is 5.00. The maximum Gasteiger partial charge on any atom is 0.224 e. The van der Waals surface area contributed by atoms with E-state index in [0.29, 0.717) is 6.54 Å². The smallest absolute Gasteiger partial charge is 0.224 e. The number of nitrogens with one attached hydrogen (secondary N) is 2. The van der Waals surface area contributed by atoms with E-state index in [1.165, 1.54) is 16.7 Å². The van der Waals surface area contributed by atoms with Crippen molar-refractivity contribution in [2.75, 3.05) is 20.1 Å². The van der Waals surface area contributed by atoms with Crippen LogP contribution in [0.3, 0.4) is 0 Å². The number of carbonyl (C=O) groups is 1. The molecule has 0 saturated carbocycles. The maximum absolute atomic E-state index is 11.7. The molecular formula is C15H24N2O. The molecule has 2 N–H and O–H groups in total. The molecule has 18 heavy (non-hydrogen) atoms. The minimum atomic E-state index is 0.0224. The van der Waals surface area contributed by atoms with E-state index in [-0.39, 0.29) is 11.8 Å². The normalized spacial score (nSPS) is 12.2. The van der Waals surface area contributed by atoms with Crippen LogP contribution in [0.5, 0.6) is 0 Å². The predicted octanol–water partition coefficient (Wildman–Crippen LogP) is 1.82. The fourth-order valence-corrected chi connectivity index (χ4v) is 2.12. The third kappa shape index (κ3) is 4.88. The van der Waals surface area contributed by atoms with E-state index in [1.54, 1.807) is 0 Å². The number of amides is 1. The summed E-state index contributed by atoms with van der Waals surface area (Å²) in [6.07, 6.45) is 0.889. The zero-order valence-corrected chi connectivity index (χ0v) is 11.8. The second kappa shape index (κ2) is 7.17. The molecule has 0 aromatic heterocycles. The molecule has 1 unspecified atom stereocenters. The Morgan fingerprint density at radius 2 is 1.83 bits per heavy atom. The highest BCUT2D eigenvalue weighted by molar-refractivity contribution is 5.78. The van der Waals surface area contributed by atoms with Gasteiger partial charge in [0, 0.05) is 19.0 Å². The number of benzene rings is 1. The van der Waals surface area contributed by atoms with Crippen molar-refractivity contribution in [1.29, 1.82) is 0 Å². The van der Waals surface area contributed by atoms with Gasteiger partial charge >= 0.3 is 0 Å². The summed E-state index contributed by atoms with van der Waals surface area (Å²) in [5, 5.41) is 5.99. The lowest BCUT2D eigenvalue weighted by Crippen LogP contribution is -2.35. The first-order valence-corrected chi connectivity index (χ1v) is 6.52. The molecule has 0 radical (unpaired) electrons. The summed E-state index contributed by atoms with van der Waals surface area (Å²) in [6.45, 7) is 7.56. The molecule has 0 spiro atoms. The Bertz CT molecular complexity index is 381. The third-order valence-corrected chi connectivity index (χ3v) is 2.95. The van der Waals surface area contributed by atoms with Crippen LogP contribution in [-0.4, -0.2) is 26.0 Å². The fraction of sp³-hybridized carbons (Fsp3) is 0.533. The van der Waals surface area contributed by atoms with Crippen molar-refractivity contribution in [3.8, 4) is 0 Å². The minimum Gasteiger partial charge on any atom is -0.355 e. The SMILES string of the molecule is CNCC(C)C(=O)NCCc1cc(C)cc(C)c1. The molecule has 0 saturated heterocycles. The molecule has 0 aliphatic heterocycles. The van der Waals surface area contributed by atoms with Crippen molar-refractivity contribution in [3.63, 3.8) is 0 Å². The number of hydrogen-bond donors (Lipinski definition) is 2. The van der Waals surface area contributed by atoms with Gasteiger partial charge in [0.25, 0.3) is 0 Å². The zero-order chi connectivity index (χ0) is 13.5. The van der Waals surface area contributed by atoms with Gasteiger partial charge < -0.3 is 10.6 Å². The lowest BCUT2D eigenvalue weighted by Gasteiger charge is -2.12. The summed E-state index contributed by atoms with van der Waals surface area (Å²) in [7, 11) is 1.86. The zero-order valence-electron chi connectivity index (χ0n) is 11.8. The quantitative estimate of drug-likeness (QED) is 0.806. The summed E-state index contributed by atoms with van der Waals surface area (Å²) in [6, 6.07) is 6.52. The molecule has 0 bridgehead atoms. The molecule has 1 amide bonds. The van der Waals surface area contributed by atoms with E-state index in [4.69, 9.17) is 0 Å². The van der Waals surface area contributed by atoms with Gasteiger partial charge in [-0.15, -0.1) is 0 Å². The standard InChI is InChI=1S/C15H24N2O/c1-11-7-12(2)9-14(8-11)5-6-17-15(18)13(3)10-16-4/h7-9,13,16H,5-6,10H2,1-4H3,(H,17,18). The van der Waals surface area contributed by atoms with Gasteiger partial charge in [0.2, 0.25) is 5.91 Å². The van der Waals surface area contributed by atoms with Gasteiger partial charge in [-0.1, -0.05) is 36.2 Å². The summed E-state index contributed by atoms with van der Waals surface area (Å²) >= 11 is 0. The summed E-state index contributed by atoms with van der Waals surface area (Å²) < 4.78 is 0. The number of carbonyl (C=O) groups excluding carboxylic acids is 1. The lowest BCUT2D eigenvalue weighted by molar-refractivity contribution is -0.124. The first-order valence-electron chi connectivity index (χ1n) is 6.52. The maximum atomic E-state index is 11.7. The van der Waals surface area contributed by atoms with E-state index in [9.17, 15) is 4.79 Å². The Morgan fingerprint density at radius 3 is 2.39 bits per heavy atom. The van der Waals surface area contributed by atoms with E-state index in [2.05, 4.69) is 42.7 Å². The van der Waals surface area contributed by atoms with Crippen LogP contribution >= 0.6 is 0 Å². The molecule has 0 aliphatic rings. The van der Waals surface area contributed by atoms with E-state index in [0.717, 1.165) is 13.0 Å². The van der Waals surface area contributed by atoms with Crippen LogP contribution in [0.15, 0.2) is 18.2 Å². The van der Waals surface area contributed by atoms with Crippen LogP contribution in [0.25, 0.3) is 0 Å². The van der Waals surface area contributed by atoms with Crippen molar-refractivity contribution in [3.05, 3.63) is 34.9 Å². The van der Waals surface area contributed by atoms with Gasteiger partial charge in [0.05, 0.1) is 0 Å². The minimum absolute atomic E-state index is 0.0224. The Balaban J connectivity index is 2.39. The van der Waals surface area contributed by atoms with E-state index >= 15 is 0 Å². The van der Waals surface area contributed by atoms with Crippen molar-refractivity contribution >= 4 is 5.91 Å². The van der Waals surface area contributed by atoms with Gasteiger partial charge in [-0.05, 0) is 32.9 Å². The average molecular weight is 248 g/mol. The summed E-state index contributed by atoms with van der Waals surface area (Å²) in [4.78, 5) is 11.7. The Kier molecular flexibility index (Phi) is 5.86. The molecule has 100 valence electrons. The highest BCUT2D eigenvalue weighted by atomic mass is 16.1. The molecule has 3 heteroatoms. The molecule has 1 aromatic rings. The van der Waals surface area contributed by atoms with Crippen LogP contribution in [-0.2, 0) is 11.2 Å². The topological polar surface area (TPSA) is 41.1 Å². The van der Waals surface area contributed by atoms with Crippen molar-refractivity contribution < 1.29 is 4.79 Å². The second-order valence-corrected chi connectivity index (χ2v) is 5.00. The number of hydrogen-bond acceptors (Lipinski definition) is 2. The van der Waals surface area contributed by atoms with Crippen LogP contribution in [0.1, 0.15) is 23.6 Å². The van der Waals surface area contributed by atoms with Gasteiger partial charge in [0.15, 0.2) is 0 Å². The molecule has 1 atom stereocenters. The van der Waals surface area contributed by atoms with Crippen LogP contribution in [0, 0.1) is 19.8 Å². The van der Waals surface area contributed by atoms with Crippen molar-refractivity contribution in [2.45, 2.75) is 27.2 Å². The Morgan fingerprint density at radius 1 is 1.22 bits per heavy atom. The first kappa shape index (κ1) is 14.7. The average Bonchev–Trinajstić information content (AvgIpc) is 2.27.